The maximum absolute atomic E-state index is 13.3. The Bertz CT molecular complexity index is 779. The minimum absolute atomic E-state index is 0.101. The van der Waals surface area contributed by atoms with Gasteiger partial charge in [0.1, 0.15) is 5.82 Å². The van der Waals surface area contributed by atoms with Gasteiger partial charge in [-0.05, 0) is 47.4 Å². The van der Waals surface area contributed by atoms with E-state index in [9.17, 15) is 17.6 Å². The minimum Gasteiger partial charge on any atom is -0.314 e. The van der Waals surface area contributed by atoms with Gasteiger partial charge in [0, 0.05) is 38.1 Å². The fourth-order valence-corrected chi connectivity index (χ4v) is 4.18. The largest absolute Gasteiger partial charge is 0.416 e. The number of nitrogens with zero attached hydrogens (tertiary/aromatic N) is 1. The van der Waals surface area contributed by atoms with Crippen molar-refractivity contribution in [1.29, 1.82) is 0 Å². The maximum Gasteiger partial charge on any atom is 0.416 e. The van der Waals surface area contributed by atoms with Crippen molar-refractivity contribution >= 4 is 0 Å². The average molecular weight is 364 g/mol. The third kappa shape index (κ3) is 3.23. The molecule has 2 aliphatic rings. The highest BCUT2D eigenvalue weighted by molar-refractivity contribution is 5.47. The number of alkyl halides is 3. The van der Waals surface area contributed by atoms with Gasteiger partial charge in [0.25, 0.3) is 0 Å². The van der Waals surface area contributed by atoms with Gasteiger partial charge >= 0.3 is 6.18 Å². The van der Waals surface area contributed by atoms with Crippen LogP contribution >= 0.6 is 0 Å². The SMILES string of the molecule is Fc1ccc([C@@H]2C[C@@H](N3CCNCC3)c3ccc(C(F)(F)F)cc32)cc1. The Labute approximate surface area is 149 Å². The first-order valence-corrected chi connectivity index (χ1v) is 8.85. The molecular weight excluding hydrogens is 344 g/mol. The molecule has 0 bridgehead atoms. The zero-order chi connectivity index (χ0) is 18.3. The van der Waals surface area contributed by atoms with Gasteiger partial charge in [-0.1, -0.05) is 18.2 Å². The van der Waals surface area contributed by atoms with E-state index < -0.39 is 11.7 Å². The fraction of sp³-hybridized carbons (Fsp3) is 0.400. The second-order valence-corrected chi connectivity index (χ2v) is 6.98. The lowest BCUT2D eigenvalue weighted by Gasteiger charge is -2.33. The molecule has 1 heterocycles. The zero-order valence-corrected chi connectivity index (χ0v) is 14.2. The van der Waals surface area contributed by atoms with Crippen molar-refractivity contribution in [3.8, 4) is 0 Å². The van der Waals surface area contributed by atoms with Crippen molar-refractivity contribution in [1.82, 2.24) is 10.2 Å². The third-order valence-electron chi connectivity index (χ3n) is 5.47. The topological polar surface area (TPSA) is 15.3 Å². The number of hydrogen-bond donors (Lipinski definition) is 1. The molecule has 0 unspecified atom stereocenters. The summed E-state index contributed by atoms with van der Waals surface area (Å²) in [6.45, 7) is 3.52. The Morgan fingerprint density at radius 2 is 1.62 bits per heavy atom. The summed E-state index contributed by atoms with van der Waals surface area (Å²) in [5.41, 5.74) is 1.93. The monoisotopic (exact) mass is 364 g/mol. The van der Waals surface area contributed by atoms with E-state index in [-0.39, 0.29) is 17.8 Å². The van der Waals surface area contributed by atoms with Gasteiger partial charge in [-0.25, -0.2) is 4.39 Å². The Morgan fingerprint density at radius 3 is 2.27 bits per heavy atom. The molecule has 0 radical (unpaired) electrons. The van der Waals surface area contributed by atoms with Crippen LogP contribution in [-0.4, -0.2) is 31.1 Å². The molecule has 0 spiro atoms. The first-order valence-electron chi connectivity index (χ1n) is 8.85. The summed E-state index contributed by atoms with van der Waals surface area (Å²) >= 11 is 0. The lowest BCUT2D eigenvalue weighted by Crippen LogP contribution is -2.44. The van der Waals surface area contributed by atoms with E-state index in [1.165, 1.54) is 24.3 Å². The Morgan fingerprint density at radius 1 is 0.923 bits per heavy atom. The quantitative estimate of drug-likeness (QED) is 0.798. The smallest absolute Gasteiger partial charge is 0.314 e. The number of benzene rings is 2. The van der Waals surface area contributed by atoms with Crippen LogP contribution in [-0.2, 0) is 6.18 Å². The van der Waals surface area contributed by atoms with Crippen LogP contribution < -0.4 is 5.32 Å². The molecule has 26 heavy (non-hydrogen) atoms. The molecule has 0 saturated carbocycles. The highest BCUT2D eigenvalue weighted by atomic mass is 19.4. The van der Waals surface area contributed by atoms with Gasteiger partial charge in [-0.15, -0.1) is 0 Å². The summed E-state index contributed by atoms with van der Waals surface area (Å²) < 4.78 is 53.0. The summed E-state index contributed by atoms with van der Waals surface area (Å²) in [6.07, 6.45) is -3.64. The van der Waals surface area contributed by atoms with Crippen molar-refractivity contribution < 1.29 is 17.6 Å². The lowest BCUT2D eigenvalue weighted by molar-refractivity contribution is -0.137. The highest BCUT2D eigenvalue weighted by Gasteiger charge is 2.38. The second-order valence-electron chi connectivity index (χ2n) is 6.98. The van der Waals surface area contributed by atoms with E-state index in [0.29, 0.717) is 0 Å². The maximum atomic E-state index is 13.3. The summed E-state index contributed by atoms with van der Waals surface area (Å²) in [4.78, 5) is 2.34. The molecule has 138 valence electrons. The number of rotatable bonds is 2. The van der Waals surface area contributed by atoms with Crippen molar-refractivity contribution in [3.05, 3.63) is 70.5 Å². The molecule has 0 amide bonds. The predicted octanol–water partition coefficient (Wildman–Crippen LogP) is 4.33. The molecule has 2 nitrogen and oxygen atoms in total. The molecule has 4 rings (SSSR count). The van der Waals surface area contributed by atoms with Crippen LogP contribution in [0.1, 0.15) is 40.6 Å². The van der Waals surface area contributed by atoms with Crippen molar-refractivity contribution in [2.75, 3.05) is 26.2 Å². The van der Waals surface area contributed by atoms with Gasteiger partial charge in [0.2, 0.25) is 0 Å². The van der Waals surface area contributed by atoms with Crippen LogP contribution in [0.3, 0.4) is 0 Å². The summed E-state index contributed by atoms with van der Waals surface area (Å²) in [7, 11) is 0. The molecular formula is C20H20F4N2. The number of hydrogen-bond acceptors (Lipinski definition) is 2. The summed E-state index contributed by atoms with van der Waals surface area (Å²) in [5.74, 6) is -0.484. The van der Waals surface area contributed by atoms with Crippen molar-refractivity contribution in [2.45, 2.75) is 24.6 Å². The van der Waals surface area contributed by atoms with Crippen LogP contribution in [0.4, 0.5) is 17.6 Å². The molecule has 2 atom stereocenters. The fourth-order valence-electron chi connectivity index (χ4n) is 4.18. The highest BCUT2D eigenvalue weighted by Crippen LogP contribution is 2.48. The molecule has 2 aromatic carbocycles. The van der Waals surface area contributed by atoms with Crippen LogP contribution in [0.2, 0.25) is 0 Å². The molecule has 0 aromatic heterocycles. The minimum atomic E-state index is -4.37. The van der Waals surface area contributed by atoms with Gasteiger partial charge < -0.3 is 5.32 Å². The zero-order valence-electron chi connectivity index (χ0n) is 14.2. The molecule has 1 saturated heterocycles. The molecule has 6 heteroatoms. The molecule has 2 aromatic rings. The molecule has 1 aliphatic carbocycles. The lowest BCUT2D eigenvalue weighted by atomic mass is 9.92. The Kier molecular flexibility index (Phi) is 4.49. The second kappa shape index (κ2) is 6.67. The van der Waals surface area contributed by atoms with E-state index >= 15 is 0 Å². The van der Waals surface area contributed by atoms with E-state index in [4.69, 9.17) is 0 Å². The number of piperazine rings is 1. The first-order chi connectivity index (χ1) is 12.4. The van der Waals surface area contributed by atoms with Crippen LogP contribution in [0.15, 0.2) is 42.5 Å². The normalized spacial score (nSPS) is 23.8. The van der Waals surface area contributed by atoms with E-state index in [1.807, 2.05) is 0 Å². The Hall–Kier alpha value is -1.92. The van der Waals surface area contributed by atoms with Crippen molar-refractivity contribution in [3.63, 3.8) is 0 Å². The van der Waals surface area contributed by atoms with Crippen LogP contribution in [0.5, 0.6) is 0 Å². The van der Waals surface area contributed by atoms with Gasteiger partial charge in [-0.3, -0.25) is 4.90 Å². The number of halogens is 4. The molecule has 1 fully saturated rings. The Balaban J connectivity index is 1.76. The predicted molar refractivity (Wildman–Crippen MR) is 91.5 cm³/mol. The van der Waals surface area contributed by atoms with Gasteiger partial charge in [0.15, 0.2) is 0 Å². The average Bonchev–Trinajstić information content (AvgIpc) is 3.01. The standard InChI is InChI=1S/C20H20F4N2/c21-15-4-1-13(2-5-15)17-12-19(26-9-7-25-8-10-26)16-6-3-14(11-18(16)17)20(22,23)24/h1-6,11,17,19,25H,7-10,12H2/t17-,19+/m0/s1. The van der Waals surface area contributed by atoms with Crippen LogP contribution in [0, 0.1) is 5.82 Å². The first kappa shape index (κ1) is 17.5. The summed E-state index contributed by atoms with van der Waals surface area (Å²) in [5, 5.41) is 3.31. The number of nitrogens with one attached hydrogen (secondary N) is 1. The molecule has 1 aliphatic heterocycles. The van der Waals surface area contributed by atoms with Gasteiger partial charge in [0.05, 0.1) is 5.56 Å². The van der Waals surface area contributed by atoms with E-state index in [1.54, 1.807) is 18.2 Å². The summed E-state index contributed by atoms with van der Waals surface area (Å²) in [6, 6.07) is 10.3. The molecule has 1 N–H and O–H groups in total. The number of fused-ring (bicyclic) bond motifs is 1. The van der Waals surface area contributed by atoms with E-state index in [2.05, 4.69) is 10.2 Å². The van der Waals surface area contributed by atoms with Crippen molar-refractivity contribution in [2.24, 2.45) is 0 Å². The van der Waals surface area contributed by atoms with Gasteiger partial charge in [-0.2, -0.15) is 13.2 Å². The van der Waals surface area contributed by atoms with E-state index in [0.717, 1.165) is 49.3 Å². The van der Waals surface area contributed by atoms with Crippen LogP contribution in [0.25, 0.3) is 0 Å². The third-order valence-corrected chi connectivity index (χ3v) is 5.47.